The third-order valence-electron chi connectivity index (χ3n) is 1.74. The summed E-state index contributed by atoms with van der Waals surface area (Å²) < 4.78 is 0. The Kier molecular flexibility index (Phi) is 2.13. The minimum atomic E-state index is -0.337. The lowest BCUT2D eigenvalue weighted by molar-refractivity contribution is 0.184. The summed E-state index contributed by atoms with van der Waals surface area (Å²) >= 11 is 0. The van der Waals surface area contributed by atoms with E-state index in [0.717, 1.165) is 5.71 Å². The minimum absolute atomic E-state index is 0.300. The number of nitrogens with one attached hydrogen (secondary N) is 1. The maximum Gasteiger partial charge on any atom is 0.289 e. The van der Waals surface area contributed by atoms with Crippen LogP contribution in [0.5, 0.6) is 0 Å². The second-order valence-electron chi connectivity index (χ2n) is 2.81. The minimum Gasteiger partial charge on any atom is -0.392 e. The normalized spacial score (nSPS) is 25.3. The molecule has 0 aromatic carbocycles. The molecule has 0 saturated carbocycles. The largest absolute Gasteiger partial charge is 0.392 e. The summed E-state index contributed by atoms with van der Waals surface area (Å²) in [7, 11) is 0. The Morgan fingerprint density at radius 1 is 1.62 bits per heavy atom. The van der Waals surface area contributed by atoms with Gasteiger partial charge in [0.25, 0.3) is 5.95 Å². The van der Waals surface area contributed by atoms with Gasteiger partial charge in [0.05, 0.1) is 6.10 Å². The van der Waals surface area contributed by atoms with Crippen LogP contribution in [0, 0.1) is 0 Å². The summed E-state index contributed by atoms with van der Waals surface area (Å²) in [5, 5.41) is 22.4. The van der Waals surface area contributed by atoms with Crippen LogP contribution in [0.25, 0.3) is 0 Å². The maximum atomic E-state index is 9.31. The number of aromatic amines is 1. The molecule has 0 aliphatic heterocycles. The number of tetrazole rings is 1. The van der Waals surface area contributed by atoms with Gasteiger partial charge in [0.1, 0.15) is 0 Å². The lowest BCUT2D eigenvalue weighted by atomic mass is 10.0. The van der Waals surface area contributed by atoms with Crippen molar-refractivity contribution in [2.45, 2.75) is 18.9 Å². The standard InChI is InChI=1S/C7H9N5O/c13-6-3-1-2-5(4-6)8-7-9-11-12-10-7/h1-2,6,13H,3-4H2,(H,9,10,11,12). The van der Waals surface area contributed by atoms with Crippen LogP contribution in [0.15, 0.2) is 17.1 Å². The van der Waals surface area contributed by atoms with Crippen molar-refractivity contribution in [3.63, 3.8) is 0 Å². The van der Waals surface area contributed by atoms with Gasteiger partial charge in [-0.3, -0.25) is 0 Å². The van der Waals surface area contributed by atoms with Crippen molar-refractivity contribution in [2.24, 2.45) is 4.99 Å². The van der Waals surface area contributed by atoms with Crippen molar-refractivity contribution in [1.29, 1.82) is 0 Å². The van der Waals surface area contributed by atoms with Crippen LogP contribution in [0.1, 0.15) is 12.8 Å². The molecule has 68 valence electrons. The zero-order chi connectivity index (χ0) is 9.10. The molecular weight excluding hydrogens is 170 g/mol. The first-order valence-corrected chi connectivity index (χ1v) is 4.00. The highest BCUT2D eigenvalue weighted by Gasteiger charge is 2.10. The van der Waals surface area contributed by atoms with Gasteiger partial charge in [-0.1, -0.05) is 11.2 Å². The van der Waals surface area contributed by atoms with Crippen LogP contribution >= 0.6 is 0 Å². The molecule has 0 bridgehead atoms. The number of nitrogens with zero attached hydrogens (tertiary/aromatic N) is 4. The SMILES string of the molecule is OC1CC=CC(=Nc2nn[nH]n2)C1. The fraction of sp³-hybridized carbons (Fsp3) is 0.429. The van der Waals surface area contributed by atoms with E-state index in [4.69, 9.17) is 0 Å². The summed E-state index contributed by atoms with van der Waals surface area (Å²) in [6.45, 7) is 0. The average Bonchev–Trinajstić information content (AvgIpc) is 2.57. The third kappa shape index (κ3) is 1.97. The van der Waals surface area contributed by atoms with Gasteiger partial charge in [0.2, 0.25) is 0 Å². The molecule has 1 aromatic heterocycles. The molecule has 0 spiro atoms. The number of aliphatic imine (C=N–C) groups is 1. The number of H-pyrrole nitrogens is 1. The monoisotopic (exact) mass is 179 g/mol. The Labute approximate surface area is 74.4 Å². The van der Waals surface area contributed by atoms with Gasteiger partial charge in [0, 0.05) is 12.1 Å². The van der Waals surface area contributed by atoms with Crippen molar-refractivity contribution in [3.05, 3.63) is 12.2 Å². The first-order valence-electron chi connectivity index (χ1n) is 4.00. The van der Waals surface area contributed by atoms with Crippen LogP contribution in [-0.4, -0.2) is 37.5 Å². The van der Waals surface area contributed by atoms with Crippen molar-refractivity contribution >= 4 is 11.7 Å². The molecule has 1 aromatic rings. The van der Waals surface area contributed by atoms with E-state index < -0.39 is 0 Å². The van der Waals surface area contributed by atoms with Crippen LogP contribution in [0.3, 0.4) is 0 Å². The van der Waals surface area contributed by atoms with Crippen LogP contribution < -0.4 is 0 Å². The van der Waals surface area contributed by atoms with E-state index in [1.54, 1.807) is 0 Å². The number of hydrogen-bond acceptors (Lipinski definition) is 5. The average molecular weight is 179 g/mol. The summed E-state index contributed by atoms with van der Waals surface area (Å²) in [6, 6.07) is 0. The van der Waals surface area contributed by atoms with E-state index in [2.05, 4.69) is 25.6 Å². The van der Waals surface area contributed by atoms with Crippen LogP contribution in [-0.2, 0) is 0 Å². The second-order valence-corrected chi connectivity index (χ2v) is 2.81. The molecule has 1 aliphatic rings. The summed E-state index contributed by atoms with van der Waals surface area (Å²) in [5.41, 5.74) is 0.778. The molecule has 2 N–H and O–H groups in total. The fourth-order valence-corrected chi connectivity index (χ4v) is 1.17. The Bertz CT molecular complexity index is 329. The van der Waals surface area contributed by atoms with Crippen molar-refractivity contribution < 1.29 is 5.11 Å². The van der Waals surface area contributed by atoms with Crippen LogP contribution in [0.4, 0.5) is 5.95 Å². The number of rotatable bonds is 1. The highest BCUT2D eigenvalue weighted by molar-refractivity contribution is 5.97. The predicted octanol–water partition coefficient (Wildman–Crippen LogP) is -0.0169. The summed E-state index contributed by atoms with van der Waals surface area (Å²) in [4.78, 5) is 4.08. The van der Waals surface area contributed by atoms with E-state index in [9.17, 15) is 5.11 Å². The third-order valence-corrected chi connectivity index (χ3v) is 1.74. The van der Waals surface area contributed by atoms with Gasteiger partial charge in [-0.2, -0.15) is 5.21 Å². The smallest absolute Gasteiger partial charge is 0.289 e. The molecule has 0 radical (unpaired) electrons. The molecule has 6 heteroatoms. The van der Waals surface area contributed by atoms with Gasteiger partial charge in [-0.25, -0.2) is 4.99 Å². The van der Waals surface area contributed by atoms with Gasteiger partial charge in [-0.15, -0.1) is 5.10 Å². The molecule has 1 heterocycles. The predicted molar refractivity (Wildman–Crippen MR) is 45.7 cm³/mol. The zero-order valence-electron chi connectivity index (χ0n) is 6.88. The lowest BCUT2D eigenvalue weighted by Gasteiger charge is -2.11. The first-order chi connectivity index (χ1) is 6.34. The molecule has 0 saturated heterocycles. The zero-order valence-corrected chi connectivity index (χ0v) is 6.88. The molecule has 1 atom stereocenters. The number of aliphatic hydroxyl groups excluding tert-OH is 1. The fourth-order valence-electron chi connectivity index (χ4n) is 1.17. The number of hydrogen-bond donors (Lipinski definition) is 2. The van der Waals surface area contributed by atoms with Gasteiger partial charge in [-0.05, 0) is 17.7 Å². The van der Waals surface area contributed by atoms with E-state index >= 15 is 0 Å². The number of aliphatic hydroxyl groups is 1. The second kappa shape index (κ2) is 3.44. The van der Waals surface area contributed by atoms with Gasteiger partial charge in [0.15, 0.2) is 0 Å². The molecule has 13 heavy (non-hydrogen) atoms. The summed E-state index contributed by atoms with van der Waals surface area (Å²) in [6.07, 6.45) is 4.64. The molecule has 1 unspecified atom stereocenters. The molecular formula is C7H9N5O. The lowest BCUT2D eigenvalue weighted by Crippen LogP contribution is -2.14. The highest BCUT2D eigenvalue weighted by atomic mass is 16.3. The topological polar surface area (TPSA) is 87.0 Å². The molecule has 0 fully saturated rings. The van der Waals surface area contributed by atoms with Crippen molar-refractivity contribution in [2.75, 3.05) is 0 Å². The number of allylic oxidation sites excluding steroid dienone is 1. The van der Waals surface area contributed by atoms with Crippen molar-refractivity contribution in [3.8, 4) is 0 Å². The van der Waals surface area contributed by atoms with Crippen LogP contribution in [0.2, 0.25) is 0 Å². The quantitative estimate of drug-likeness (QED) is 0.634. The Morgan fingerprint density at radius 3 is 3.23 bits per heavy atom. The molecule has 2 rings (SSSR count). The number of aromatic nitrogens is 4. The van der Waals surface area contributed by atoms with Gasteiger partial charge >= 0.3 is 0 Å². The molecule has 0 amide bonds. The highest BCUT2D eigenvalue weighted by Crippen LogP contribution is 2.11. The van der Waals surface area contributed by atoms with Crippen molar-refractivity contribution in [1.82, 2.24) is 20.6 Å². The van der Waals surface area contributed by atoms with E-state index in [1.165, 1.54) is 0 Å². The Balaban J connectivity index is 2.16. The Hall–Kier alpha value is -1.56. The van der Waals surface area contributed by atoms with E-state index in [-0.39, 0.29) is 6.10 Å². The molecule has 1 aliphatic carbocycles. The molecule has 6 nitrogen and oxygen atoms in total. The van der Waals surface area contributed by atoms with E-state index in [1.807, 2.05) is 12.2 Å². The first kappa shape index (κ1) is 8.06. The summed E-state index contributed by atoms with van der Waals surface area (Å²) in [5.74, 6) is 0.300. The maximum absolute atomic E-state index is 9.31. The Morgan fingerprint density at radius 2 is 2.54 bits per heavy atom. The van der Waals surface area contributed by atoms with Gasteiger partial charge < -0.3 is 5.11 Å². The van der Waals surface area contributed by atoms with E-state index in [0.29, 0.717) is 18.8 Å².